The fourth-order valence-electron chi connectivity index (χ4n) is 7.40. The van der Waals surface area contributed by atoms with Gasteiger partial charge in [-0.2, -0.15) is 0 Å². The van der Waals surface area contributed by atoms with Gasteiger partial charge in [0.2, 0.25) is 0 Å². The van der Waals surface area contributed by atoms with Crippen molar-refractivity contribution >= 4 is 5.78 Å². The molecule has 3 heterocycles. The predicted octanol–water partition coefficient (Wildman–Crippen LogP) is 2.72. The summed E-state index contributed by atoms with van der Waals surface area (Å²) in [6, 6.07) is 8.58. The van der Waals surface area contributed by atoms with Crippen molar-refractivity contribution < 1.29 is 4.79 Å². The standard InChI is InChI=1S/C23H25N3O3/c1-21(2,3)15-12-17(27)22(4)18-14-10-11-16(23(15,18)22)26-20(29)24(19(28)25(14)26)13-8-6-5-7-9-13/h5-11,14-16,18H,12H2,1-4H3/t14?,15-,16?,18+,22+,23?/m0/s1. The molecule has 2 fully saturated rings. The summed E-state index contributed by atoms with van der Waals surface area (Å²) in [4.78, 5) is 40.1. The molecule has 0 N–H and O–H groups in total. The van der Waals surface area contributed by atoms with E-state index < -0.39 is 5.41 Å². The van der Waals surface area contributed by atoms with Gasteiger partial charge in [-0.1, -0.05) is 58.0 Å². The van der Waals surface area contributed by atoms with Crippen molar-refractivity contribution in [3.63, 3.8) is 0 Å². The maximum Gasteiger partial charge on any atom is 0.352 e. The van der Waals surface area contributed by atoms with Crippen LogP contribution in [0.2, 0.25) is 0 Å². The second-order valence-electron chi connectivity index (χ2n) is 10.4. The van der Waals surface area contributed by atoms with Gasteiger partial charge in [0.1, 0.15) is 5.78 Å². The molecule has 7 rings (SSSR count). The number of ketones is 1. The van der Waals surface area contributed by atoms with E-state index in [1.807, 2.05) is 24.3 Å². The lowest BCUT2D eigenvalue weighted by Gasteiger charge is -2.46. The summed E-state index contributed by atoms with van der Waals surface area (Å²) in [6.07, 6.45) is 4.69. The first-order valence-corrected chi connectivity index (χ1v) is 10.4. The molecule has 6 atom stereocenters. The van der Waals surface area contributed by atoms with Crippen LogP contribution in [-0.4, -0.2) is 19.7 Å². The molecule has 1 spiro atoms. The van der Waals surface area contributed by atoms with Crippen molar-refractivity contribution in [1.29, 1.82) is 0 Å². The van der Waals surface area contributed by atoms with Crippen LogP contribution < -0.4 is 11.4 Å². The second kappa shape index (κ2) is 4.74. The molecule has 6 nitrogen and oxygen atoms in total. The quantitative estimate of drug-likeness (QED) is 0.702. The minimum Gasteiger partial charge on any atom is -0.299 e. The van der Waals surface area contributed by atoms with Gasteiger partial charge in [-0.25, -0.2) is 23.5 Å². The number of para-hydroxylation sites is 1. The number of Topliss-reactive ketones (excluding diaryl/α,β-unsaturated/α-hetero) is 1. The molecule has 6 heteroatoms. The summed E-state index contributed by atoms with van der Waals surface area (Å²) < 4.78 is 4.54. The highest BCUT2D eigenvalue weighted by molar-refractivity contribution is 5.94. The Labute approximate surface area is 168 Å². The number of allylic oxidation sites excluding steroid dienone is 2. The number of hydrogen-bond donors (Lipinski definition) is 0. The third kappa shape index (κ3) is 1.59. The van der Waals surface area contributed by atoms with E-state index in [1.165, 1.54) is 4.57 Å². The summed E-state index contributed by atoms with van der Waals surface area (Å²) in [5, 5.41) is 0. The Morgan fingerprint density at radius 2 is 1.62 bits per heavy atom. The first kappa shape index (κ1) is 17.2. The lowest BCUT2D eigenvalue weighted by molar-refractivity contribution is -0.123. The first-order chi connectivity index (χ1) is 13.7. The van der Waals surface area contributed by atoms with E-state index in [0.717, 1.165) is 0 Å². The molecular weight excluding hydrogens is 366 g/mol. The van der Waals surface area contributed by atoms with Gasteiger partial charge in [-0.05, 0) is 23.5 Å². The average molecular weight is 391 g/mol. The molecule has 2 saturated carbocycles. The average Bonchev–Trinajstić information content (AvgIpc) is 3.07. The van der Waals surface area contributed by atoms with Crippen LogP contribution in [0.4, 0.5) is 0 Å². The largest absolute Gasteiger partial charge is 0.352 e. The number of nitrogens with zero attached hydrogens (tertiary/aromatic N) is 3. The summed E-state index contributed by atoms with van der Waals surface area (Å²) in [5.74, 6) is 0.563. The maximum absolute atomic E-state index is 13.5. The predicted molar refractivity (Wildman–Crippen MR) is 108 cm³/mol. The molecule has 1 aromatic carbocycles. The lowest BCUT2D eigenvalue weighted by Crippen LogP contribution is -2.49. The lowest BCUT2D eigenvalue weighted by atomic mass is 9.65. The number of aromatic nitrogens is 3. The molecule has 2 aromatic rings. The molecule has 2 aliphatic heterocycles. The Morgan fingerprint density at radius 1 is 0.966 bits per heavy atom. The third-order valence-corrected chi connectivity index (χ3v) is 8.43. The maximum atomic E-state index is 13.5. The number of benzene rings is 1. The Hall–Kier alpha value is -2.63. The monoisotopic (exact) mass is 391 g/mol. The van der Waals surface area contributed by atoms with E-state index in [0.29, 0.717) is 17.9 Å². The fraction of sp³-hybridized carbons (Fsp3) is 0.522. The SMILES string of the molecule is CC(C)(C)[C@@H]1CC(=O)[C@]2(C)[C@H]3C4C=CC(n5c(=O)n(-c6ccccc6)c(=O)n54)C132. The topological polar surface area (TPSA) is 66.0 Å². The van der Waals surface area contributed by atoms with Gasteiger partial charge in [0.15, 0.2) is 0 Å². The molecular formula is C23H25N3O3. The minimum atomic E-state index is -0.466. The summed E-state index contributed by atoms with van der Waals surface area (Å²) >= 11 is 0. The van der Waals surface area contributed by atoms with Gasteiger partial charge in [0.05, 0.1) is 17.8 Å². The van der Waals surface area contributed by atoms with Crippen LogP contribution in [0.25, 0.3) is 5.69 Å². The van der Waals surface area contributed by atoms with Crippen molar-refractivity contribution in [2.75, 3.05) is 0 Å². The fourth-order valence-corrected chi connectivity index (χ4v) is 7.40. The van der Waals surface area contributed by atoms with E-state index in [9.17, 15) is 14.4 Å². The van der Waals surface area contributed by atoms with Crippen LogP contribution in [0.5, 0.6) is 0 Å². The number of rotatable bonds is 1. The van der Waals surface area contributed by atoms with E-state index in [1.54, 1.807) is 21.5 Å². The van der Waals surface area contributed by atoms with Crippen LogP contribution in [0, 0.1) is 28.1 Å². The zero-order chi connectivity index (χ0) is 20.5. The highest BCUT2D eigenvalue weighted by atomic mass is 16.2. The molecule has 2 bridgehead atoms. The molecule has 0 amide bonds. The Bertz CT molecular complexity index is 1220. The Kier molecular flexibility index (Phi) is 2.82. The zero-order valence-electron chi connectivity index (χ0n) is 17.1. The van der Waals surface area contributed by atoms with E-state index in [-0.39, 0.29) is 46.1 Å². The van der Waals surface area contributed by atoms with Gasteiger partial charge in [0, 0.05) is 23.2 Å². The minimum absolute atomic E-state index is 0.0514. The first-order valence-electron chi connectivity index (χ1n) is 10.4. The highest BCUT2D eigenvalue weighted by Gasteiger charge is 2.90. The van der Waals surface area contributed by atoms with Crippen molar-refractivity contribution in [1.82, 2.24) is 13.9 Å². The van der Waals surface area contributed by atoms with Crippen molar-refractivity contribution in [3.8, 4) is 5.69 Å². The zero-order valence-corrected chi connectivity index (χ0v) is 17.1. The number of hydrogen-bond acceptors (Lipinski definition) is 3. The number of carbonyl (C=O) groups excluding carboxylic acids is 1. The summed E-state index contributed by atoms with van der Waals surface area (Å²) in [6.45, 7) is 8.65. The van der Waals surface area contributed by atoms with Crippen molar-refractivity contribution in [2.24, 2.45) is 28.1 Å². The Balaban J connectivity index is 1.63. The van der Waals surface area contributed by atoms with Crippen LogP contribution in [0.15, 0.2) is 52.1 Å². The molecule has 5 aliphatic rings. The van der Waals surface area contributed by atoms with Gasteiger partial charge >= 0.3 is 11.4 Å². The molecule has 29 heavy (non-hydrogen) atoms. The van der Waals surface area contributed by atoms with Gasteiger partial charge in [0.25, 0.3) is 0 Å². The van der Waals surface area contributed by atoms with Gasteiger partial charge in [-0.3, -0.25) is 4.79 Å². The van der Waals surface area contributed by atoms with Crippen LogP contribution in [-0.2, 0) is 4.79 Å². The normalized spacial score (nSPS) is 38.7. The van der Waals surface area contributed by atoms with Gasteiger partial charge in [-0.15, -0.1) is 0 Å². The summed E-state index contributed by atoms with van der Waals surface area (Å²) in [7, 11) is 0. The van der Waals surface area contributed by atoms with Crippen LogP contribution in [0.1, 0.15) is 46.2 Å². The molecule has 0 saturated heterocycles. The second-order valence-corrected chi connectivity index (χ2v) is 10.4. The highest BCUT2D eigenvalue weighted by Crippen LogP contribution is 2.88. The number of carbonyl (C=O) groups is 1. The van der Waals surface area contributed by atoms with E-state index in [4.69, 9.17) is 0 Å². The smallest absolute Gasteiger partial charge is 0.299 e. The van der Waals surface area contributed by atoms with Gasteiger partial charge < -0.3 is 0 Å². The van der Waals surface area contributed by atoms with E-state index >= 15 is 0 Å². The molecule has 3 aliphatic carbocycles. The molecule has 3 unspecified atom stereocenters. The molecule has 0 radical (unpaired) electrons. The van der Waals surface area contributed by atoms with Crippen molar-refractivity contribution in [3.05, 3.63) is 63.5 Å². The molecule has 1 aromatic heterocycles. The van der Waals surface area contributed by atoms with Crippen LogP contribution in [0.3, 0.4) is 0 Å². The molecule has 150 valence electrons. The Morgan fingerprint density at radius 3 is 2.28 bits per heavy atom. The third-order valence-electron chi connectivity index (χ3n) is 8.43. The van der Waals surface area contributed by atoms with Crippen LogP contribution >= 0.6 is 0 Å². The van der Waals surface area contributed by atoms with Crippen molar-refractivity contribution in [2.45, 2.75) is 46.2 Å². The summed E-state index contributed by atoms with van der Waals surface area (Å²) in [5.41, 5.74) is -0.837. The van der Waals surface area contributed by atoms with E-state index in [2.05, 4.69) is 33.8 Å².